The standard InChI is InChI=1S/C28H26Cl2N4O6S.2Na.H2O/c1-27(2,14-36)19(13-35)40-24(38)23-22(15-8-6-5-7-9-15)33-25(41-23)28(3,4)21-17(29)10-16(11-18(21)30)34-26(39)32-20(37)12-31-34;;;/h5-13,19,36H,14H2,1-4H3,(H,32,37,39);;;1H2/q;2*+1;/p-2. The summed E-state index contributed by atoms with van der Waals surface area (Å²) in [6, 6.07) is 11.9. The number of esters is 1. The van der Waals surface area contributed by atoms with Gasteiger partial charge in [0.2, 0.25) is 0 Å². The zero-order valence-corrected chi connectivity index (χ0v) is 31.2. The summed E-state index contributed by atoms with van der Waals surface area (Å²) in [4.78, 5) is 45.7. The number of ether oxygens (including phenoxy) is 1. The summed E-state index contributed by atoms with van der Waals surface area (Å²) in [5, 5.41) is 25.7. The number of aliphatic hydroxyl groups is 1. The quantitative estimate of drug-likeness (QED) is 0.119. The average Bonchev–Trinajstić information content (AvgIpc) is 3.38. The van der Waals surface area contributed by atoms with Gasteiger partial charge in [-0.2, -0.15) is 9.78 Å². The minimum absolute atomic E-state index is 0. The van der Waals surface area contributed by atoms with Crippen molar-refractivity contribution in [3.05, 3.63) is 84.6 Å². The number of aldehydes is 1. The van der Waals surface area contributed by atoms with Crippen LogP contribution in [0, 0.1) is 5.41 Å². The summed E-state index contributed by atoms with van der Waals surface area (Å²) < 4.78 is 6.45. The smallest absolute Gasteiger partial charge is 0.870 e. The van der Waals surface area contributed by atoms with E-state index in [4.69, 9.17) is 32.9 Å². The molecule has 0 bridgehead atoms. The first-order valence-corrected chi connectivity index (χ1v) is 13.8. The van der Waals surface area contributed by atoms with E-state index in [1.54, 1.807) is 38.1 Å². The summed E-state index contributed by atoms with van der Waals surface area (Å²) >= 11 is 14.5. The second kappa shape index (κ2) is 16.2. The van der Waals surface area contributed by atoms with Gasteiger partial charge in [-0.25, -0.2) is 19.6 Å². The second-order valence-electron chi connectivity index (χ2n) is 10.4. The van der Waals surface area contributed by atoms with E-state index < -0.39 is 34.5 Å². The first-order chi connectivity index (χ1) is 19.3. The van der Waals surface area contributed by atoms with E-state index in [0.717, 1.165) is 22.2 Å². The number of halogens is 2. The van der Waals surface area contributed by atoms with E-state index >= 15 is 0 Å². The van der Waals surface area contributed by atoms with Crippen molar-refractivity contribution >= 4 is 46.8 Å². The van der Waals surface area contributed by atoms with Gasteiger partial charge in [-0.3, -0.25) is 4.79 Å². The monoisotopic (exact) mass is 678 g/mol. The normalized spacial score (nSPS) is 11.8. The molecule has 2 N–H and O–H groups in total. The molecule has 0 aliphatic carbocycles. The van der Waals surface area contributed by atoms with Crippen molar-refractivity contribution in [2.45, 2.75) is 39.2 Å². The van der Waals surface area contributed by atoms with Crippen LogP contribution in [-0.2, 0) is 14.9 Å². The molecule has 2 aromatic carbocycles. The number of nitrogens with zero attached hydrogens (tertiary/aromatic N) is 4. The Balaban J connectivity index is 0.00000323. The van der Waals surface area contributed by atoms with E-state index in [0.29, 0.717) is 28.1 Å². The van der Waals surface area contributed by atoms with Gasteiger partial charge in [0.15, 0.2) is 12.4 Å². The maximum Gasteiger partial charge on any atom is 1.00 e. The molecule has 0 spiro atoms. The van der Waals surface area contributed by atoms with Gasteiger partial charge in [0.25, 0.3) is 0 Å². The number of aromatic nitrogens is 4. The topological polar surface area (TPSA) is 177 Å². The van der Waals surface area contributed by atoms with Crippen LogP contribution < -0.4 is 69.9 Å². The Morgan fingerprint density at radius 2 is 1.70 bits per heavy atom. The van der Waals surface area contributed by atoms with Crippen LogP contribution in [0.5, 0.6) is 5.88 Å². The minimum Gasteiger partial charge on any atom is -0.870 e. The third-order valence-corrected chi connectivity index (χ3v) is 8.45. The molecule has 0 fully saturated rings. The Bertz CT molecular complexity index is 1660. The van der Waals surface area contributed by atoms with E-state index in [9.17, 15) is 24.6 Å². The summed E-state index contributed by atoms with van der Waals surface area (Å²) in [5.41, 5.74) is -1.18. The summed E-state index contributed by atoms with van der Waals surface area (Å²) in [6.45, 7) is 6.50. The zero-order chi connectivity index (χ0) is 30.1. The van der Waals surface area contributed by atoms with Crippen LogP contribution in [0.4, 0.5) is 0 Å². The zero-order valence-electron chi connectivity index (χ0n) is 24.9. The van der Waals surface area contributed by atoms with E-state index in [-0.39, 0.29) is 91.8 Å². The van der Waals surface area contributed by atoms with E-state index in [1.807, 2.05) is 19.9 Å². The van der Waals surface area contributed by atoms with Crippen molar-refractivity contribution in [3.8, 4) is 22.8 Å². The molecular formula is C28H26Cl2N4Na2O7S. The molecule has 222 valence electrons. The van der Waals surface area contributed by atoms with Crippen LogP contribution in [0.2, 0.25) is 10.0 Å². The molecule has 0 aliphatic rings. The maximum atomic E-state index is 13.4. The fourth-order valence-corrected chi connectivity index (χ4v) is 6.07. The van der Waals surface area contributed by atoms with Crippen LogP contribution in [-0.4, -0.2) is 55.3 Å². The Morgan fingerprint density at radius 3 is 2.23 bits per heavy atom. The van der Waals surface area contributed by atoms with Gasteiger partial charge in [-0.1, -0.05) is 67.4 Å². The first-order valence-electron chi connectivity index (χ1n) is 12.3. The molecule has 4 rings (SSSR count). The summed E-state index contributed by atoms with van der Waals surface area (Å²) in [5.74, 6) is -1.54. The van der Waals surface area contributed by atoms with Crippen LogP contribution in [0.25, 0.3) is 16.9 Å². The van der Waals surface area contributed by atoms with Gasteiger partial charge >= 0.3 is 70.8 Å². The number of carbonyl (C=O) groups excluding carboxylic acids is 2. The molecule has 2 heterocycles. The second-order valence-corrected chi connectivity index (χ2v) is 12.2. The molecule has 0 amide bonds. The predicted octanol–water partition coefficient (Wildman–Crippen LogP) is -1.97. The van der Waals surface area contributed by atoms with Crippen LogP contribution in [0.15, 0.2) is 53.5 Å². The average molecular weight is 679 g/mol. The van der Waals surface area contributed by atoms with Crippen LogP contribution in [0.3, 0.4) is 0 Å². The molecular weight excluding hydrogens is 653 g/mol. The van der Waals surface area contributed by atoms with Gasteiger partial charge < -0.3 is 20.4 Å². The summed E-state index contributed by atoms with van der Waals surface area (Å²) in [6.07, 6.45) is 0.198. The van der Waals surface area contributed by atoms with Gasteiger partial charge in [-0.05, 0) is 26.0 Å². The molecule has 1 unspecified atom stereocenters. The van der Waals surface area contributed by atoms with Gasteiger partial charge in [0.1, 0.15) is 9.88 Å². The van der Waals surface area contributed by atoms with Crippen molar-refractivity contribution in [2.75, 3.05) is 6.61 Å². The van der Waals surface area contributed by atoms with Crippen molar-refractivity contribution in [2.24, 2.45) is 5.41 Å². The number of benzene rings is 2. The third kappa shape index (κ3) is 8.37. The largest absolute Gasteiger partial charge is 1.00 e. The molecule has 2 aromatic heterocycles. The van der Waals surface area contributed by atoms with Crippen LogP contribution >= 0.6 is 34.5 Å². The fraction of sp³-hybridized carbons (Fsp3) is 0.286. The molecule has 0 saturated carbocycles. The molecule has 0 saturated heterocycles. The molecule has 44 heavy (non-hydrogen) atoms. The third-order valence-electron chi connectivity index (χ3n) is 6.50. The van der Waals surface area contributed by atoms with Gasteiger partial charge in [0, 0.05) is 37.9 Å². The van der Waals surface area contributed by atoms with Crippen molar-refractivity contribution < 1.29 is 89.1 Å². The van der Waals surface area contributed by atoms with E-state index in [1.165, 1.54) is 12.1 Å². The molecule has 0 radical (unpaired) electrons. The van der Waals surface area contributed by atoms with Crippen molar-refractivity contribution in [1.29, 1.82) is 0 Å². The van der Waals surface area contributed by atoms with Crippen molar-refractivity contribution in [3.63, 3.8) is 0 Å². The number of rotatable bonds is 9. The molecule has 1 atom stereocenters. The Labute approximate surface area is 311 Å². The summed E-state index contributed by atoms with van der Waals surface area (Å²) in [7, 11) is 0. The van der Waals surface area contributed by atoms with Crippen LogP contribution in [0.1, 0.15) is 47.9 Å². The Hall–Kier alpha value is -1.68. The number of carbonyl (C=O) groups is 2. The predicted molar refractivity (Wildman–Crippen MR) is 155 cm³/mol. The number of hydrogen-bond donors (Lipinski definition) is 1. The number of thiazole rings is 1. The van der Waals surface area contributed by atoms with E-state index in [2.05, 4.69) is 10.1 Å². The maximum absolute atomic E-state index is 13.4. The fourth-order valence-electron chi connectivity index (χ4n) is 4.04. The Kier molecular flexibility index (Phi) is 14.9. The number of aliphatic hydroxyl groups excluding tert-OH is 1. The molecule has 11 nitrogen and oxygen atoms in total. The number of hydrogen-bond acceptors (Lipinski definition) is 11. The molecule has 16 heteroatoms. The SMILES string of the molecule is CC(C)(c1nc(-c2ccccc2)c(C(=O)OC(C=O)C(C)(C)CO)s1)c1c(Cl)cc(-n2ncc([O-])nc2=O)cc1Cl.[Na+].[Na+].[OH-]. The Morgan fingerprint density at radius 1 is 1.11 bits per heavy atom. The first kappa shape index (κ1) is 40.3. The molecule has 4 aromatic rings. The minimum atomic E-state index is -1.19. The molecule has 0 aliphatic heterocycles. The van der Waals surface area contributed by atoms with Crippen molar-refractivity contribution in [1.82, 2.24) is 19.7 Å². The van der Waals surface area contributed by atoms with Gasteiger partial charge in [0.05, 0.1) is 24.2 Å². The van der Waals surface area contributed by atoms with Gasteiger partial charge in [-0.15, -0.1) is 11.3 Å².